The summed E-state index contributed by atoms with van der Waals surface area (Å²) in [7, 11) is 0. The minimum Gasteiger partial charge on any atom is -0.379 e. The zero-order valence-electron chi connectivity index (χ0n) is 13.3. The molecule has 2 heterocycles. The molecule has 0 bridgehead atoms. The number of ether oxygens (including phenoxy) is 2. The Labute approximate surface area is 132 Å². The number of rotatable bonds is 6. The lowest BCUT2D eigenvalue weighted by Crippen LogP contribution is -2.30. The Hall–Kier alpha value is -1.40. The van der Waals surface area contributed by atoms with Crippen LogP contribution in [-0.4, -0.2) is 48.0 Å². The summed E-state index contributed by atoms with van der Waals surface area (Å²) >= 11 is 0. The van der Waals surface area contributed by atoms with Crippen molar-refractivity contribution in [2.24, 2.45) is 0 Å². The second-order valence-corrected chi connectivity index (χ2v) is 6.04. The molecular formula is C16H26N4O2. The predicted octanol–water partition coefficient (Wildman–Crippen LogP) is 2.44. The van der Waals surface area contributed by atoms with Gasteiger partial charge in [-0.15, -0.1) is 0 Å². The lowest BCUT2D eigenvalue weighted by atomic mass is 9.93. The van der Waals surface area contributed by atoms with Gasteiger partial charge in [0.1, 0.15) is 5.82 Å². The second-order valence-electron chi connectivity index (χ2n) is 6.04. The largest absolute Gasteiger partial charge is 0.379 e. The van der Waals surface area contributed by atoms with E-state index in [1.54, 1.807) is 6.20 Å². The Bertz CT molecular complexity index is 457. The first-order valence-electron chi connectivity index (χ1n) is 8.39. The van der Waals surface area contributed by atoms with Crippen LogP contribution >= 0.6 is 0 Å². The van der Waals surface area contributed by atoms with Crippen LogP contribution in [0.2, 0.25) is 0 Å². The molecule has 2 fully saturated rings. The maximum Gasteiger partial charge on any atom is 0.224 e. The Morgan fingerprint density at radius 1 is 1.18 bits per heavy atom. The molecule has 1 unspecified atom stereocenters. The third-order valence-electron chi connectivity index (χ3n) is 4.35. The zero-order chi connectivity index (χ0) is 15.2. The summed E-state index contributed by atoms with van der Waals surface area (Å²) in [4.78, 5) is 8.90. The van der Waals surface area contributed by atoms with Crippen LogP contribution in [0.5, 0.6) is 0 Å². The van der Waals surface area contributed by atoms with Crippen molar-refractivity contribution in [3.05, 3.63) is 12.3 Å². The molecule has 3 rings (SSSR count). The summed E-state index contributed by atoms with van der Waals surface area (Å²) in [6, 6.07) is 2.72. The van der Waals surface area contributed by atoms with Gasteiger partial charge in [0.25, 0.3) is 0 Å². The van der Waals surface area contributed by atoms with Crippen molar-refractivity contribution >= 4 is 11.8 Å². The van der Waals surface area contributed by atoms with Crippen LogP contribution < -0.4 is 10.6 Å². The summed E-state index contributed by atoms with van der Waals surface area (Å²) in [5, 5.41) is 6.87. The fourth-order valence-corrected chi connectivity index (χ4v) is 3.16. The highest BCUT2D eigenvalue weighted by Crippen LogP contribution is 2.23. The Morgan fingerprint density at radius 2 is 2.05 bits per heavy atom. The molecule has 1 aliphatic heterocycles. The molecule has 6 heteroatoms. The quantitative estimate of drug-likeness (QED) is 0.841. The number of nitrogens with zero attached hydrogens (tertiary/aromatic N) is 2. The van der Waals surface area contributed by atoms with E-state index in [1.807, 2.05) is 6.07 Å². The third-order valence-corrected chi connectivity index (χ3v) is 4.35. The lowest BCUT2D eigenvalue weighted by molar-refractivity contribution is 0.0346. The highest BCUT2D eigenvalue weighted by molar-refractivity contribution is 5.41. The molecule has 0 spiro atoms. The van der Waals surface area contributed by atoms with Crippen LogP contribution in [0, 0.1) is 0 Å². The standard InChI is InChI=1S/C16H26N4O2/c1-2-22-14-5-3-12(4-6-14)19-16-17-9-7-15(20-16)18-13-8-10-21-11-13/h7,9,12-14H,2-6,8,10-11H2,1H3,(H2,17,18,19,20). The number of nitrogens with one attached hydrogen (secondary N) is 2. The molecule has 0 radical (unpaired) electrons. The van der Waals surface area contributed by atoms with Gasteiger partial charge in [-0.2, -0.15) is 4.98 Å². The summed E-state index contributed by atoms with van der Waals surface area (Å²) in [6.45, 7) is 4.46. The Balaban J connectivity index is 1.50. The molecule has 2 N–H and O–H groups in total. The van der Waals surface area contributed by atoms with Crippen LogP contribution in [-0.2, 0) is 9.47 Å². The fourth-order valence-electron chi connectivity index (χ4n) is 3.16. The minimum atomic E-state index is 0.365. The van der Waals surface area contributed by atoms with Gasteiger partial charge in [-0.3, -0.25) is 0 Å². The summed E-state index contributed by atoms with van der Waals surface area (Å²) < 4.78 is 11.1. The van der Waals surface area contributed by atoms with E-state index in [0.717, 1.165) is 57.7 Å². The lowest BCUT2D eigenvalue weighted by Gasteiger charge is -2.28. The van der Waals surface area contributed by atoms with Crippen LogP contribution in [0.3, 0.4) is 0 Å². The van der Waals surface area contributed by atoms with Crippen molar-refractivity contribution in [3.63, 3.8) is 0 Å². The maximum atomic E-state index is 5.69. The summed E-state index contributed by atoms with van der Waals surface area (Å²) in [5.74, 6) is 1.58. The highest BCUT2D eigenvalue weighted by Gasteiger charge is 2.22. The Kier molecular flexibility index (Phi) is 5.45. The van der Waals surface area contributed by atoms with E-state index < -0.39 is 0 Å². The summed E-state index contributed by atoms with van der Waals surface area (Å²) in [5.41, 5.74) is 0. The van der Waals surface area contributed by atoms with Crippen molar-refractivity contribution in [2.75, 3.05) is 30.5 Å². The van der Waals surface area contributed by atoms with Gasteiger partial charge in [-0.25, -0.2) is 4.98 Å². The molecule has 122 valence electrons. The van der Waals surface area contributed by atoms with Gasteiger partial charge in [0, 0.05) is 25.5 Å². The number of hydrogen-bond acceptors (Lipinski definition) is 6. The van der Waals surface area contributed by atoms with E-state index in [-0.39, 0.29) is 0 Å². The van der Waals surface area contributed by atoms with Crippen molar-refractivity contribution in [3.8, 4) is 0 Å². The van der Waals surface area contributed by atoms with Gasteiger partial charge in [-0.1, -0.05) is 0 Å². The SMILES string of the molecule is CCOC1CCC(Nc2nccc(NC3CCOC3)n2)CC1. The number of aromatic nitrogens is 2. The van der Waals surface area contributed by atoms with Crippen molar-refractivity contribution in [2.45, 2.75) is 57.2 Å². The number of anilines is 2. The average molecular weight is 306 g/mol. The van der Waals surface area contributed by atoms with E-state index >= 15 is 0 Å². The van der Waals surface area contributed by atoms with Crippen LogP contribution in [0.1, 0.15) is 39.0 Å². The number of hydrogen-bond donors (Lipinski definition) is 2. The maximum absolute atomic E-state index is 5.69. The van der Waals surface area contributed by atoms with Crippen LogP contribution in [0.4, 0.5) is 11.8 Å². The van der Waals surface area contributed by atoms with Gasteiger partial charge in [0.05, 0.1) is 18.8 Å². The molecule has 1 aliphatic carbocycles. The first-order valence-corrected chi connectivity index (χ1v) is 8.39. The van der Waals surface area contributed by atoms with E-state index in [4.69, 9.17) is 9.47 Å². The van der Waals surface area contributed by atoms with Gasteiger partial charge in [-0.05, 0) is 45.1 Å². The monoisotopic (exact) mass is 306 g/mol. The molecule has 0 aromatic carbocycles. The Morgan fingerprint density at radius 3 is 2.77 bits per heavy atom. The first kappa shape index (κ1) is 15.5. The smallest absolute Gasteiger partial charge is 0.224 e. The second kappa shape index (κ2) is 7.74. The van der Waals surface area contributed by atoms with E-state index in [9.17, 15) is 0 Å². The topological polar surface area (TPSA) is 68.3 Å². The molecule has 1 saturated carbocycles. The van der Waals surface area contributed by atoms with Gasteiger partial charge in [0.2, 0.25) is 5.95 Å². The van der Waals surface area contributed by atoms with Gasteiger partial charge >= 0.3 is 0 Å². The van der Waals surface area contributed by atoms with Crippen LogP contribution in [0.15, 0.2) is 12.3 Å². The van der Waals surface area contributed by atoms with E-state index in [0.29, 0.717) is 24.1 Å². The van der Waals surface area contributed by atoms with Crippen molar-refractivity contribution in [1.82, 2.24) is 9.97 Å². The van der Waals surface area contributed by atoms with E-state index in [1.165, 1.54) is 0 Å². The average Bonchev–Trinajstić information content (AvgIpc) is 3.03. The molecule has 1 atom stereocenters. The molecule has 1 aromatic rings. The minimum absolute atomic E-state index is 0.365. The molecule has 22 heavy (non-hydrogen) atoms. The molecule has 1 saturated heterocycles. The molecule has 1 aromatic heterocycles. The van der Waals surface area contributed by atoms with E-state index in [2.05, 4.69) is 27.5 Å². The normalized spacial score (nSPS) is 28.5. The van der Waals surface area contributed by atoms with Gasteiger partial charge < -0.3 is 20.1 Å². The summed E-state index contributed by atoms with van der Waals surface area (Å²) in [6.07, 6.45) is 7.73. The van der Waals surface area contributed by atoms with Crippen molar-refractivity contribution < 1.29 is 9.47 Å². The first-order chi connectivity index (χ1) is 10.8. The van der Waals surface area contributed by atoms with Crippen molar-refractivity contribution in [1.29, 1.82) is 0 Å². The van der Waals surface area contributed by atoms with Gasteiger partial charge in [0.15, 0.2) is 0 Å². The highest BCUT2D eigenvalue weighted by atomic mass is 16.5. The zero-order valence-corrected chi connectivity index (χ0v) is 13.3. The fraction of sp³-hybridized carbons (Fsp3) is 0.750. The molecule has 2 aliphatic rings. The molecule has 6 nitrogen and oxygen atoms in total. The predicted molar refractivity (Wildman–Crippen MR) is 86.2 cm³/mol. The third kappa shape index (κ3) is 4.30. The molecular weight excluding hydrogens is 280 g/mol. The van der Waals surface area contributed by atoms with Crippen LogP contribution in [0.25, 0.3) is 0 Å². The molecule has 0 amide bonds.